The molecule has 0 N–H and O–H groups in total. The number of ether oxygens (including phenoxy) is 3. The molecule has 3 rings (SSSR count). The lowest BCUT2D eigenvalue weighted by Gasteiger charge is -2.48. The lowest BCUT2D eigenvalue weighted by atomic mass is 9.79. The number of amides is 1. The number of nitrogens with zero attached hydrogens (tertiary/aromatic N) is 1. The van der Waals surface area contributed by atoms with Gasteiger partial charge in [-0.25, -0.2) is 4.79 Å². The first-order chi connectivity index (χ1) is 11.8. The molecule has 2 unspecified atom stereocenters. The Morgan fingerprint density at radius 2 is 1.64 bits per heavy atom. The Labute approximate surface area is 150 Å². The summed E-state index contributed by atoms with van der Waals surface area (Å²) < 4.78 is 16.6. The van der Waals surface area contributed by atoms with E-state index in [1.807, 2.05) is 25.7 Å². The summed E-state index contributed by atoms with van der Waals surface area (Å²) in [6.07, 6.45) is 3.73. The van der Waals surface area contributed by atoms with Gasteiger partial charge in [-0.1, -0.05) is 0 Å². The van der Waals surface area contributed by atoms with Gasteiger partial charge in [0.05, 0.1) is 25.3 Å². The lowest BCUT2D eigenvalue weighted by Crippen LogP contribution is -2.60. The van der Waals surface area contributed by atoms with Crippen LogP contribution in [0, 0.1) is 11.8 Å². The number of rotatable bonds is 3. The molecule has 0 radical (unpaired) electrons. The monoisotopic (exact) mass is 353 g/mol. The van der Waals surface area contributed by atoms with E-state index in [9.17, 15) is 9.59 Å². The van der Waals surface area contributed by atoms with Gasteiger partial charge in [-0.15, -0.1) is 0 Å². The number of morpholine rings is 1. The summed E-state index contributed by atoms with van der Waals surface area (Å²) in [7, 11) is 0. The Hall–Kier alpha value is -1.14. The molecule has 0 spiro atoms. The smallest absolute Gasteiger partial charge is 0.410 e. The lowest BCUT2D eigenvalue weighted by molar-refractivity contribution is -0.133. The van der Waals surface area contributed by atoms with E-state index in [-0.39, 0.29) is 24.1 Å². The predicted molar refractivity (Wildman–Crippen MR) is 92.4 cm³/mol. The molecular weight excluding hydrogens is 322 g/mol. The molecule has 2 bridgehead atoms. The van der Waals surface area contributed by atoms with Crippen LogP contribution in [0.15, 0.2) is 0 Å². The van der Waals surface area contributed by atoms with Crippen molar-refractivity contribution in [1.82, 2.24) is 4.90 Å². The number of piperidine rings is 1. The van der Waals surface area contributed by atoms with Gasteiger partial charge >= 0.3 is 6.09 Å². The highest BCUT2D eigenvalue weighted by Gasteiger charge is 2.45. The number of hydrogen-bond acceptors (Lipinski definition) is 5. The van der Waals surface area contributed by atoms with Crippen LogP contribution in [0.25, 0.3) is 0 Å². The zero-order chi connectivity index (χ0) is 18.0. The maximum atomic E-state index is 12.8. The number of carbonyl (C=O) groups is 2. The van der Waals surface area contributed by atoms with Crippen molar-refractivity contribution in [1.29, 1.82) is 0 Å². The van der Waals surface area contributed by atoms with E-state index in [1.54, 1.807) is 0 Å². The number of ketones is 1. The molecule has 0 aromatic carbocycles. The molecule has 0 aromatic rings. The van der Waals surface area contributed by atoms with Gasteiger partial charge in [0.2, 0.25) is 0 Å². The van der Waals surface area contributed by atoms with E-state index in [1.165, 1.54) is 0 Å². The fourth-order valence-corrected chi connectivity index (χ4v) is 4.19. The summed E-state index contributed by atoms with van der Waals surface area (Å²) in [5, 5.41) is 0. The highest BCUT2D eigenvalue weighted by Crippen LogP contribution is 2.35. The molecule has 2 atom stereocenters. The third-order valence-electron chi connectivity index (χ3n) is 5.41. The average molecular weight is 353 g/mol. The van der Waals surface area contributed by atoms with Crippen LogP contribution in [0.5, 0.6) is 0 Å². The van der Waals surface area contributed by atoms with Crippen molar-refractivity contribution in [3.8, 4) is 0 Å². The summed E-state index contributed by atoms with van der Waals surface area (Å²) in [5.74, 6) is 0.856. The Morgan fingerprint density at radius 1 is 1.04 bits per heavy atom. The van der Waals surface area contributed by atoms with Crippen LogP contribution >= 0.6 is 0 Å². The van der Waals surface area contributed by atoms with Crippen molar-refractivity contribution in [3.63, 3.8) is 0 Å². The van der Waals surface area contributed by atoms with Crippen LogP contribution in [-0.2, 0) is 19.0 Å². The van der Waals surface area contributed by atoms with Gasteiger partial charge in [-0.05, 0) is 52.4 Å². The molecule has 0 saturated carbocycles. The summed E-state index contributed by atoms with van der Waals surface area (Å²) in [5.41, 5.74) is -0.512. The second kappa shape index (κ2) is 7.62. The average Bonchev–Trinajstić information content (AvgIpc) is 2.52. The molecule has 1 amide bonds. The van der Waals surface area contributed by atoms with Gasteiger partial charge in [-0.2, -0.15) is 0 Å². The van der Waals surface area contributed by atoms with E-state index in [4.69, 9.17) is 14.2 Å². The minimum Gasteiger partial charge on any atom is -0.444 e. The fraction of sp³-hybridized carbons (Fsp3) is 0.895. The van der Waals surface area contributed by atoms with E-state index in [0.717, 1.165) is 26.1 Å². The van der Waals surface area contributed by atoms with E-state index in [0.29, 0.717) is 44.2 Å². The molecular formula is C19H31NO5. The first-order valence-corrected chi connectivity index (χ1v) is 9.53. The van der Waals surface area contributed by atoms with Gasteiger partial charge < -0.3 is 14.2 Å². The van der Waals surface area contributed by atoms with E-state index in [2.05, 4.69) is 0 Å². The molecule has 25 heavy (non-hydrogen) atoms. The van der Waals surface area contributed by atoms with Crippen molar-refractivity contribution in [2.45, 2.75) is 70.6 Å². The zero-order valence-electron chi connectivity index (χ0n) is 15.7. The second-order valence-corrected chi connectivity index (χ2v) is 8.63. The normalized spacial score (nSPS) is 30.8. The quantitative estimate of drug-likeness (QED) is 0.781. The first-order valence-electron chi connectivity index (χ1n) is 9.53. The van der Waals surface area contributed by atoms with Crippen molar-refractivity contribution in [2.75, 3.05) is 26.4 Å². The van der Waals surface area contributed by atoms with E-state index < -0.39 is 5.60 Å². The first kappa shape index (κ1) is 18.6. The van der Waals surface area contributed by atoms with Crippen molar-refractivity contribution in [2.24, 2.45) is 11.8 Å². The van der Waals surface area contributed by atoms with Crippen molar-refractivity contribution >= 4 is 11.9 Å². The van der Waals surface area contributed by atoms with Crippen LogP contribution in [0.3, 0.4) is 0 Å². The molecule has 3 aliphatic heterocycles. The Balaban J connectivity index is 1.60. The Kier molecular flexibility index (Phi) is 5.68. The summed E-state index contributed by atoms with van der Waals surface area (Å²) in [4.78, 5) is 27.2. The second-order valence-electron chi connectivity index (χ2n) is 8.63. The number of Topliss-reactive ketones (excluding diaryl/α,β-unsaturated/α-hetero) is 1. The number of fused-ring (bicyclic) bond motifs is 2. The molecule has 3 saturated heterocycles. The summed E-state index contributed by atoms with van der Waals surface area (Å²) in [6.45, 7) is 8.17. The van der Waals surface area contributed by atoms with Crippen LogP contribution in [0.2, 0.25) is 0 Å². The standard InChI is InChI=1S/C19H31NO5/c1-19(2,3)25-18(22)20-15-9-14(10-16(20)12-24-11-15)17(21)8-13-4-6-23-7-5-13/h13-16H,4-12H2,1-3H3. The van der Waals surface area contributed by atoms with Crippen molar-refractivity contribution in [3.05, 3.63) is 0 Å². The predicted octanol–water partition coefficient (Wildman–Crippen LogP) is 2.79. The molecule has 3 fully saturated rings. The number of carbonyl (C=O) groups excluding carboxylic acids is 2. The summed E-state index contributed by atoms with van der Waals surface area (Å²) in [6, 6.07) is -0.100. The van der Waals surface area contributed by atoms with Gasteiger partial charge in [0.25, 0.3) is 0 Å². The highest BCUT2D eigenvalue weighted by molar-refractivity contribution is 5.82. The Bertz CT molecular complexity index is 481. The molecule has 0 aromatic heterocycles. The van der Waals surface area contributed by atoms with Crippen LogP contribution in [0.4, 0.5) is 4.79 Å². The Morgan fingerprint density at radius 3 is 2.20 bits per heavy atom. The number of hydrogen-bond donors (Lipinski definition) is 0. The van der Waals surface area contributed by atoms with Gasteiger partial charge in [-0.3, -0.25) is 9.69 Å². The minimum atomic E-state index is -0.512. The van der Waals surface area contributed by atoms with Crippen LogP contribution in [0.1, 0.15) is 52.9 Å². The van der Waals surface area contributed by atoms with Gasteiger partial charge in [0.1, 0.15) is 11.4 Å². The van der Waals surface area contributed by atoms with Gasteiger partial charge in [0, 0.05) is 25.6 Å². The molecule has 0 aliphatic carbocycles. The van der Waals surface area contributed by atoms with Crippen LogP contribution < -0.4 is 0 Å². The third-order valence-corrected chi connectivity index (χ3v) is 5.41. The minimum absolute atomic E-state index is 0.0421. The maximum Gasteiger partial charge on any atom is 0.410 e. The molecule has 6 heteroatoms. The molecule has 3 heterocycles. The topological polar surface area (TPSA) is 65.1 Å². The summed E-state index contributed by atoms with van der Waals surface area (Å²) >= 11 is 0. The van der Waals surface area contributed by atoms with Crippen LogP contribution in [-0.4, -0.2) is 60.9 Å². The molecule has 142 valence electrons. The zero-order valence-corrected chi connectivity index (χ0v) is 15.7. The highest BCUT2D eigenvalue weighted by atomic mass is 16.6. The fourth-order valence-electron chi connectivity index (χ4n) is 4.19. The SMILES string of the molecule is CC(C)(C)OC(=O)N1C2COCC1CC(C(=O)CC1CCOCC1)C2. The van der Waals surface area contributed by atoms with Crippen molar-refractivity contribution < 1.29 is 23.8 Å². The molecule has 6 nitrogen and oxygen atoms in total. The molecule has 3 aliphatic rings. The third kappa shape index (κ3) is 4.73. The maximum absolute atomic E-state index is 12.8. The van der Waals surface area contributed by atoms with E-state index >= 15 is 0 Å². The van der Waals surface area contributed by atoms with Gasteiger partial charge in [0.15, 0.2) is 0 Å². The largest absolute Gasteiger partial charge is 0.444 e.